The van der Waals surface area contributed by atoms with Crippen molar-refractivity contribution in [2.24, 2.45) is 0 Å². The second-order valence-corrected chi connectivity index (χ2v) is 15.5. The number of aromatic nitrogens is 3. The number of nitrogens with zero attached hydrogens (tertiary/aromatic N) is 6. The number of hydrogen-bond donors (Lipinski definition) is 4. The molecule has 322 valence electrons. The van der Waals surface area contributed by atoms with Crippen LogP contribution in [0.5, 0.6) is 0 Å². The average Bonchev–Trinajstić information content (AvgIpc) is 4.10. The fourth-order valence-electron chi connectivity index (χ4n) is 7.09. The maximum Gasteiger partial charge on any atom is 0.354 e. The molecule has 1 fully saturated rings. The van der Waals surface area contributed by atoms with Crippen molar-refractivity contribution >= 4 is 35.5 Å². The summed E-state index contributed by atoms with van der Waals surface area (Å²) in [5, 5.41) is 25.5. The third-order valence-electron chi connectivity index (χ3n) is 10.1. The molecule has 62 heavy (non-hydrogen) atoms. The highest BCUT2D eigenvalue weighted by Gasteiger charge is 2.22. The molecule has 1 aliphatic rings. The van der Waals surface area contributed by atoms with Crippen LogP contribution < -0.4 is 10.6 Å². The van der Waals surface area contributed by atoms with Gasteiger partial charge in [-0.3, -0.25) is 24.3 Å². The smallest absolute Gasteiger partial charge is 0.354 e. The fourth-order valence-corrected chi connectivity index (χ4v) is 7.46. The first-order valence-electron chi connectivity index (χ1n) is 19.9. The number of pyridine rings is 3. The maximum absolute atomic E-state index is 13.4. The SMILES string of the molecule is CSCC(=O)NCCNC(=O)c1cc(-c2ccco2)cc(CN2CCN(Cc3cc(-c4ccco4)cc(C(=O)O)n3)CCN(Cc3cc(-c4ccco4)cc(C(=O)O)n3)CC2)n1. The van der Waals surface area contributed by atoms with Crippen molar-refractivity contribution in [3.8, 4) is 34.0 Å². The van der Waals surface area contributed by atoms with Crippen molar-refractivity contribution in [1.29, 1.82) is 0 Å². The van der Waals surface area contributed by atoms with Gasteiger partial charge in [0.15, 0.2) is 0 Å². The maximum atomic E-state index is 13.4. The third-order valence-corrected chi connectivity index (χ3v) is 10.6. The Bertz CT molecular complexity index is 2350. The number of rotatable bonds is 17. The number of carbonyl (C=O) groups is 4. The van der Waals surface area contributed by atoms with E-state index in [1.165, 1.54) is 36.4 Å². The minimum absolute atomic E-state index is 0.0964. The molecular weight excluding hydrogens is 817 g/mol. The summed E-state index contributed by atoms with van der Waals surface area (Å²) in [5.41, 5.74) is 3.63. The van der Waals surface area contributed by atoms with Crippen LogP contribution in [0.3, 0.4) is 0 Å². The second kappa shape index (κ2) is 20.8. The standard InChI is InChI=1S/C44H46N8O9S/c1-62-28-41(53)45-8-9-46-42(54)35-22-29(38-5-2-16-59-38)19-32(47-35)25-50-10-12-51(26-33-20-30(39-6-3-17-60-39)23-36(48-33)43(55)56)14-15-52(13-11-50)27-34-21-31(40-7-4-18-61-40)24-37(49-34)44(57)58/h2-7,16-24H,8-15,25-28H2,1H3,(H,45,53)(H,46,54)(H,55,56)(H,57,58). The van der Waals surface area contributed by atoms with Gasteiger partial charge >= 0.3 is 11.9 Å². The van der Waals surface area contributed by atoms with E-state index in [2.05, 4.69) is 35.3 Å². The number of aromatic carboxylic acids is 2. The number of amides is 2. The molecule has 6 aromatic rings. The molecule has 0 saturated carbocycles. The fraction of sp³-hybridized carbons (Fsp3) is 0.295. The molecule has 0 unspecified atom stereocenters. The largest absolute Gasteiger partial charge is 0.477 e. The van der Waals surface area contributed by atoms with E-state index in [0.717, 1.165) is 0 Å². The highest BCUT2D eigenvalue weighted by Crippen LogP contribution is 2.26. The minimum Gasteiger partial charge on any atom is -0.477 e. The van der Waals surface area contributed by atoms with Gasteiger partial charge in [0, 0.05) is 88.7 Å². The van der Waals surface area contributed by atoms with Gasteiger partial charge in [-0.15, -0.1) is 0 Å². The number of carboxylic acids is 2. The predicted molar refractivity (Wildman–Crippen MR) is 229 cm³/mol. The van der Waals surface area contributed by atoms with Gasteiger partial charge in [0.1, 0.15) is 34.4 Å². The van der Waals surface area contributed by atoms with Gasteiger partial charge in [0.2, 0.25) is 5.91 Å². The molecule has 18 heteroatoms. The number of nitrogens with one attached hydrogen (secondary N) is 2. The van der Waals surface area contributed by atoms with Crippen LogP contribution in [-0.2, 0) is 24.4 Å². The number of carboxylic acid groups (broad SMARTS) is 2. The molecule has 2 amide bonds. The quantitative estimate of drug-likeness (QED) is 0.0879. The van der Waals surface area contributed by atoms with Gasteiger partial charge in [-0.1, -0.05) is 0 Å². The molecule has 7 rings (SSSR count). The Morgan fingerprint density at radius 2 is 0.952 bits per heavy atom. The summed E-state index contributed by atoms with van der Waals surface area (Å²) in [7, 11) is 0. The number of hydrogen-bond acceptors (Lipinski definition) is 14. The molecule has 0 radical (unpaired) electrons. The monoisotopic (exact) mass is 862 g/mol. The summed E-state index contributed by atoms with van der Waals surface area (Å²) in [6.07, 6.45) is 6.47. The van der Waals surface area contributed by atoms with E-state index >= 15 is 0 Å². The van der Waals surface area contributed by atoms with E-state index in [9.17, 15) is 29.4 Å². The zero-order valence-electron chi connectivity index (χ0n) is 34.0. The first-order valence-corrected chi connectivity index (χ1v) is 21.3. The van der Waals surface area contributed by atoms with E-state index < -0.39 is 17.8 Å². The van der Waals surface area contributed by atoms with Gasteiger partial charge < -0.3 is 34.1 Å². The van der Waals surface area contributed by atoms with Crippen molar-refractivity contribution in [2.75, 3.05) is 64.4 Å². The molecule has 0 aromatic carbocycles. The summed E-state index contributed by atoms with van der Waals surface area (Å²) in [4.78, 5) is 70.1. The molecule has 17 nitrogen and oxygen atoms in total. The lowest BCUT2D eigenvalue weighted by Crippen LogP contribution is -2.36. The second-order valence-electron chi connectivity index (χ2n) is 14.6. The van der Waals surface area contributed by atoms with Crippen molar-refractivity contribution in [3.63, 3.8) is 0 Å². The summed E-state index contributed by atoms with van der Waals surface area (Å²) < 4.78 is 16.9. The predicted octanol–water partition coefficient (Wildman–Crippen LogP) is 5.08. The minimum atomic E-state index is -1.15. The van der Waals surface area contributed by atoms with Gasteiger partial charge in [-0.25, -0.2) is 24.5 Å². The Labute approximate surface area is 361 Å². The van der Waals surface area contributed by atoms with Crippen molar-refractivity contribution in [1.82, 2.24) is 40.3 Å². The molecule has 4 N–H and O–H groups in total. The molecule has 0 spiro atoms. The van der Waals surface area contributed by atoms with Gasteiger partial charge in [0.25, 0.3) is 5.91 Å². The van der Waals surface area contributed by atoms with Crippen molar-refractivity contribution in [2.45, 2.75) is 19.6 Å². The molecular formula is C44H46N8O9S. The number of thioether (sulfide) groups is 1. The summed E-state index contributed by atoms with van der Waals surface area (Å²) >= 11 is 1.42. The number of furan rings is 3. The van der Waals surface area contributed by atoms with Gasteiger partial charge in [-0.2, -0.15) is 11.8 Å². The van der Waals surface area contributed by atoms with Crippen LogP contribution in [-0.4, -0.2) is 128 Å². The topological polar surface area (TPSA) is 221 Å². The zero-order chi connectivity index (χ0) is 43.4. The lowest BCUT2D eigenvalue weighted by molar-refractivity contribution is -0.118. The summed E-state index contributed by atoms with van der Waals surface area (Å²) in [6.45, 7) is 4.98. The molecule has 0 aliphatic carbocycles. The van der Waals surface area contributed by atoms with Crippen LogP contribution in [0.1, 0.15) is 48.5 Å². The summed E-state index contributed by atoms with van der Waals surface area (Å²) in [6, 6.07) is 20.8. The molecule has 0 bridgehead atoms. The van der Waals surface area contributed by atoms with E-state index in [0.29, 0.717) is 116 Å². The molecule has 1 aliphatic heterocycles. The highest BCUT2D eigenvalue weighted by molar-refractivity contribution is 7.99. The first kappa shape index (κ1) is 43.5. The van der Waals surface area contributed by atoms with Gasteiger partial charge in [-0.05, 0) is 79.1 Å². The molecule has 1 saturated heterocycles. The van der Waals surface area contributed by atoms with E-state index in [-0.39, 0.29) is 36.1 Å². The Morgan fingerprint density at radius 3 is 1.31 bits per heavy atom. The highest BCUT2D eigenvalue weighted by atomic mass is 32.2. The van der Waals surface area contributed by atoms with Crippen LogP contribution in [0.2, 0.25) is 0 Å². The Balaban J connectivity index is 1.16. The van der Waals surface area contributed by atoms with E-state index in [1.54, 1.807) is 42.7 Å². The lowest BCUT2D eigenvalue weighted by atomic mass is 10.1. The Morgan fingerprint density at radius 1 is 0.581 bits per heavy atom. The zero-order valence-corrected chi connectivity index (χ0v) is 34.8. The number of carbonyl (C=O) groups excluding carboxylic acids is 2. The van der Waals surface area contributed by atoms with Crippen molar-refractivity contribution < 1.29 is 42.6 Å². The molecule has 7 heterocycles. The van der Waals surface area contributed by atoms with Crippen LogP contribution in [0.25, 0.3) is 34.0 Å². The van der Waals surface area contributed by atoms with Crippen molar-refractivity contribution in [3.05, 3.63) is 126 Å². The normalized spacial score (nSPS) is 14.1. The van der Waals surface area contributed by atoms with E-state index in [4.69, 9.17) is 18.2 Å². The Kier molecular flexibility index (Phi) is 14.6. The average molecular weight is 863 g/mol. The van der Waals surface area contributed by atoms with Gasteiger partial charge in [0.05, 0.1) is 41.6 Å². The van der Waals surface area contributed by atoms with E-state index in [1.807, 2.05) is 30.5 Å². The van der Waals surface area contributed by atoms with Crippen LogP contribution >= 0.6 is 11.8 Å². The Hall–Kier alpha value is -6.60. The van der Waals surface area contributed by atoms with Crippen LogP contribution in [0.15, 0.2) is 105 Å². The lowest BCUT2D eigenvalue weighted by Gasteiger charge is -2.26. The van der Waals surface area contributed by atoms with Crippen LogP contribution in [0.4, 0.5) is 0 Å². The third kappa shape index (κ3) is 11.8. The molecule has 6 aromatic heterocycles. The molecule has 0 atom stereocenters. The summed E-state index contributed by atoms with van der Waals surface area (Å²) in [5.74, 6) is -0.848. The first-order chi connectivity index (χ1) is 30.1. The van der Waals surface area contributed by atoms with Crippen LogP contribution in [0, 0.1) is 0 Å².